The summed E-state index contributed by atoms with van der Waals surface area (Å²) in [6.45, 7) is 1.93. The Morgan fingerprint density at radius 2 is 2.17 bits per heavy atom. The largest absolute Gasteiger partial charge is 0.393 e. The molecule has 1 atom stereocenters. The molecule has 0 saturated heterocycles. The number of anilines is 1. The highest BCUT2D eigenvalue weighted by Crippen LogP contribution is 2.16. The van der Waals surface area contributed by atoms with Crippen molar-refractivity contribution in [2.24, 2.45) is 0 Å². The van der Waals surface area contributed by atoms with Crippen LogP contribution in [0, 0.1) is 11.6 Å². The van der Waals surface area contributed by atoms with Crippen molar-refractivity contribution in [1.29, 1.82) is 0 Å². The third-order valence-electron chi connectivity index (χ3n) is 2.42. The van der Waals surface area contributed by atoms with Crippen LogP contribution in [0.1, 0.15) is 13.3 Å². The average molecular weight is 258 g/mol. The van der Waals surface area contributed by atoms with Gasteiger partial charge in [-0.15, -0.1) is 0 Å². The molecule has 0 aliphatic heterocycles. The zero-order valence-electron chi connectivity index (χ0n) is 10.3. The lowest BCUT2D eigenvalue weighted by atomic mass is 10.3. The standard InChI is InChI=1S/C12H16F2N2O2/c1-8(17)6-7-16(2)12(18)15-10-5-3-4-9(13)11(10)14/h3-5,8,17H,6-7H2,1-2H3,(H,15,18). The number of hydrogen-bond donors (Lipinski definition) is 2. The zero-order chi connectivity index (χ0) is 13.7. The second-order valence-electron chi connectivity index (χ2n) is 4.09. The van der Waals surface area contributed by atoms with Crippen molar-refractivity contribution < 1.29 is 18.7 Å². The first-order valence-electron chi connectivity index (χ1n) is 5.56. The minimum Gasteiger partial charge on any atom is -0.393 e. The van der Waals surface area contributed by atoms with Crippen LogP contribution in [0.25, 0.3) is 0 Å². The number of nitrogens with one attached hydrogen (secondary N) is 1. The van der Waals surface area contributed by atoms with E-state index in [1.165, 1.54) is 24.1 Å². The molecule has 1 unspecified atom stereocenters. The van der Waals surface area contributed by atoms with Crippen LogP contribution in [0.2, 0.25) is 0 Å². The molecule has 2 N–H and O–H groups in total. The lowest BCUT2D eigenvalue weighted by Gasteiger charge is -2.18. The quantitative estimate of drug-likeness (QED) is 0.869. The molecule has 0 spiro atoms. The number of rotatable bonds is 4. The number of carbonyl (C=O) groups is 1. The molecule has 0 fully saturated rings. The molecule has 0 aliphatic rings. The summed E-state index contributed by atoms with van der Waals surface area (Å²) < 4.78 is 26.2. The number of hydrogen-bond acceptors (Lipinski definition) is 2. The van der Waals surface area contributed by atoms with Crippen LogP contribution in [-0.4, -0.2) is 35.7 Å². The minimum atomic E-state index is -1.09. The number of halogens is 2. The number of nitrogens with zero attached hydrogens (tertiary/aromatic N) is 1. The third kappa shape index (κ3) is 3.96. The van der Waals surface area contributed by atoms with E-state index in [0.29, 0.717) is 13.0 Å². The summed E-state index contributed by atoms with van der Waals surface area (Å²) in [5.74, 6) is -2.10. The topological polar surface area (TPSA) is 52.6 Å². The van der Waals surface area contributed by atoms with Crippen molar-refractivity contribution in [3.63, 3.8) is 0 Å². The van der Waals surface area contributed by atoms with Gasteiger partial charge in [-0.05, 0) is 25.5 Å². The lowest BCUT2D eigenvalue weighted by Crippen LogP contribution is -2.33. The van der Waals surface area contributed by atoms with E-state index in [2.05, 4.69) is 5.32 Å². The molecule has 1 rings (SSSR count). The zero-order valence-corrected chi connectivity index (χ0v) is 10.3. The first-order chi connectivity index (χ1) is 8.41. The van der Waals surface area contributed by atoms with Gasteiger partial charge in [0.25, 0.3) is 0 Å². The summed E-state index contributed by atoms with van der Waals surface area (Å²) in [5.41, 5.74) is -0.205. The molecule has 0 saturated carbocycles. The van der Waals surface area contributed by atoms with Crippen molar-refractivity contribution in [2.75, 3.05) is 18.9 Å². The highest BCUT2D eigenvalue weighted by molar-refractivity contribution is 5.89. The molecular formula is C12H16F2N2O2. The van der Waals surface area contributed by atoms with Gasteiger partial charge in [-0.2, -0.15) is 0 Å². The smallest absolute Gasteiger partial charge is 0.321 e. The van der Waals surface area contributed by atoms with Crippen LogP contribution in [-0.2, 0) is 0 Å². The molecule has 2 amide bonds. The minimum absolute atomic E-state index is 0.205. The Bertz CT molecular complexity index is 425. The van der Waals surface area contributed by atoms with Gasteiger partial charge in [-0.1, -0.05) is 6.07 Å². The Labute approximate surface area is 104 Å². The average Bonchev–Trinajstić information content (AvgIpc) is 2.31. The van der Waals surface area contributed by atoms with E-state index < -0.39 is 23.8 Å². The molecule has 0 bridgehead atoms. The summed E-state index contributed by atoms with van der Waals surface area (Å²) in [6.07, 6.45) is -0.110. The third-order valence-corrected chi connectivity index (χ3v) is 2.42. The Morgan fingerprint density at radius 1 is 1.50 bits per heavy atom. The predicted molar refractivity (Wildman–Crippen MR) is 64.3 cm³/mol. The van der Waals surface area contributed by atoms with Crippen LogP contribution >= 0.6 is 0 Å². The first kappa shape index (κ1) is 14.4. The molecule has 4 nitrogen and oxygen atoms in total. The van der Waals surface area contributed by atoms with Crippen molar-refractivity contribution in [3.05, 3.63) is 29.8 Å². The molecule has 100 valence electrons. The normalized spacial score (nSPS) is 12.1. The van der Waals surface area contributed by atoms with E-state index in [-0.39, 0.29) is 5.69 Å². The number of benzene rings is 1. The van der Waals surface area contributed by atoms with Gasteiger partial charge in [0.1, 0.15) is 0 Å². The van der Waals surface area contributed by atoms with Gasteiger partial charge in [0.15, 0.2) is 11.6 Å². The SMILES string of the molecule is CC(O)CCN(C)C(=O)Nc1cccc(F)c1F. The number of amides is 2. The fourth-order valence-electron chi connectivity index (χ4n) is 1.29. The molecule has 0 aliphatic carbocycles. The van der Waals surface area contributed by atoms with Gasteiger partial charge in [0.05, 0.1) is 11.8 Å². The molecule has 1 aromatic rings. The molecule has 6 heteroatoms. The number of aliphatic hydroxyl groups excluding tert-OH is 1. The maximum absolute atomic E-state index is 13.3. The molecule has 18 heavy (non-hydrogen) atoms. The Balaban J connectivity index is 2.61. The highest BCUT2D eigenvalue weighted by Gasteiger charge is 2.13. The second-order valence-corrected chi connectivity index (χ2v) is 4.09. The Kier molecular flexibility index (Phi) is 5.03. The van der Waals surface area contributed by atoms with Gasteiger partial charge in [-0.25, -0.2) is 13.6 Å². The van der Waals surface area contributed by atoms with Crippen LogP contribution < -0.4 is 5.32 Å². The van der Waals surface area contributed by atoms with Crippen molar-refractivity contribution in [2.45, 2.75) is 19.4 Å². The van der Waals surface area contributed by atoms with Crippen LogP contribution in [0.5, 0.6) is 0 Å². The number of urea groups is 1. The fourth-order valence-corrected chi connectivity index (χ4v) is 1.29. The summed E-state index contributed by atoms with van der Waals surface area (Å²) in [6, 6.07) is 3.00. The van der Waals surface area contributed by atoms with E-state index in [4.69, 9.17) is 5.11 Å². The molecular weight excluding hydrogens is 242 g/mol. The fraction of sp³-hybridized carbons (Fsp3) is 0.417. The number of aliphatic hydroxyl groups is 1. The molecule has 0 radical (unpaired) electrons. The summed E-state index contributed by atoms with van der Waals surface area (Å²) in [4.78, 5) is 12.9. The van der Waals surface area contributed by atoms with Gasteiger partial charge in [0, 0.05) is 13.6 Å². The van der Waals surface area contributed by atoms with E-state index in [9.17, 15) is 13.6 Å². The van der Waals surface area contributed by atoms with Crippen molar-refractivity contribution >= 4 is 11.7 Å². The second kappa shape index (κ2) is 6.30. The Hall–Kier alpha value is -1.69. The van der Waals surface area contributed by atoms with E-state index in [1.54, 1.807) is 6.92 Å². The molecule has 1 aromatic carbocycles. The van der Waals surface area contributed by atoms with Gasteiger partial charge >= 0.3 is 6.03 Å². The summed E-state index contributed by atoms with van der Waals surface area (Å²) in [7, 11) is 1.51. The van der Waals surface area contributed by atoms with Gasteiger partial charge < -0.3 is 15.3 Å². The van der Waals surface area contributed by atoms with Crippen molar-refractivity contribution in [3.8, 4) is 0 Å². The summed E-state index contributed by atoms with van der Waals surface area (Å²) >= 11 is 0. The summed E-state index contributed by atoms with van der Waals surface area (Å²) in [5, 5.41) is 11.4. The van der Waals surface area contributed by atoms with E-state index in [1.807, 2.05) is 0 Å². The number of carbonyl (C=O) groups excluding carboxylic acids is 1. The first-order valence-corrected chi connectivity index (χ1v) is 5.56. The van der Waals surface area contributed by atoms with Gasteiger partial charge in [0.2, 0.25) is 0 Å². The Morgan fingerprint density at radius 3 is 2.78 bits per heavy atom. The monoisotopic (exact) mass is 258 g/mol. The van der Waals surface area contributed by atoms with Gasteiger partial charge in [-0.3, -0.25) is 0 Å². The van der Waals surface area contributed by atoms with E-state index >= 15 is 0 Å². The lowest BCUT2D eigenvalue weighted by molar-refractivity contribution is 0.167. The maximum atomic E-state index is 13.3. The molecule has 0 heterocycles. The van der Waals surface area contributed by atoms with Crippen molar-refractivity contribution in [1.82, 2.24) is 4.90 Å². The van der Waals surface area contributed by atoms with Crippen LogP contribution in [0.4, 0.5) is 19.3 Å². The van der Waals surface area contributed by atoms with E-state index in [0.717, 1.165) is 6.07 Å². The van der Waals surface area contributed by atoms with Crippen LogP contribution in [0.15, 0.2) is 18.2 Å². The molecule has 0 aromatic heterocycles. The predicted octanol–water partition coefficient (Wildman–Crippen LogP) is 2.20. The maximum Gasteiger partial charge on any atom is 0.321 e. The highest BCUT2D eigenvalue weighted by atomic mass is 19.2. The van der Waals surface area contributed by atoms with Crippen LogP contribution in [0.3, 0.4) is 0 Å².